The number of benzene rings is 1. The number of ether oxygens (including phenoxy) is 1. The summed E-state index contributed by atoms with van der Waals surface area (Å²) in [4.78, 5) is 10.5. The van der Waals surface area contributed by atoms with Gasteiger partial charge in [0.25, 0.3) is 5.69 Å². The average molecular weight is 236 g/mol. The van der Waals surface area contributed by atoms with Crippen molar-refractivity contribution in [3.8, 4) is 0 Å². The molecular formula is C12H16N2O3. The van der Waals surface area contributed by atoms with E-state index in [4.69, 9.17) is 4.74 Å². The number of nitro benzene ring substituents is 1. The molecule has 1 aliphatic rings. The van der Waals surface area contributed by atoms with E-state index in [1.165, 1.54) is 0 Å². The van der Waals surface area contributed by atoms with Crippen molar-refractivity contribution in [3.63, 3.8) is 0 Å². The third kappa shape index (κ3) is 3.25. The molecule has 0 bridgehead atoms. The molecule has 92 valence electrons. The Morgan fingerprint density at radius 1 is 1.47 bits per heavy atom. The molecule has 17 heavy (non-hydrogen) atoms. The summed E-state index contributed by atoms with van der Waals surface area (Å²) in [5, 5.41) is 14.2. The minimum absolute atomic E-state index is 0.206. The SMILES string of the molecule is O=[N+]([O-])c1ccccc1CCNC1CCOC1. The first-order chi connectivity index (χ1) is 8.27. The zero-order valence-electron chi connectivity index (χ0n) is 9.59. The fraction of sp³-hybridized carbons (Fsp3) is 0.500. The molecular weight excluding hydrogens is 220 g/mol. The van der Waals surface area contributed by atoms with E-state index in [1.807, 2.05) is 12.1 Å². The van der Waals surface area contributed by atoms with E-state index in [1.54, 1.807) is 12.1 Å². The van der Waals surface area contributed by atoms with Crippen LogP contribution in [-0.4, -0.2) is 30.7 Å². The lowest BCUT2D eigenvalue weighted by Crippen LogP contribution is -2.31. The van der Waals surface area contributed by atoms with Crippen LogP contribution in [0.1, 0.15) is 12.0 Å². The molecule has 1 fully saturated rings. The van der Waals surface area contributed by atoms with Crippen LogP contribution in [0.2, 0.25) is 0 Å². The second-order valence-corrected chi connectivity index (χ2v) is 4.15. The number of para-hydroxylation sites is 1. The molecule has 1 atom stereocenters. The maximum atomic E-state index is 10.8. The number of hydrogen-bond donors (Lipinski definition) is 1. The molecule has 1 unspecified atom stereocenters. The predicted molar refractivity (Wildman–Crippen MR) is 64.0 cm³/mol. The maximum Gasteiger partial charge on any atom is 0.272 e. The van der Waals surface area contributed by atoms with Gasteiger partial charge in [0.1, 0.15) is 0 Å². The highest BCUT2D eigenvalue weighted by atomic mass is 16.6. The van der Waals surface area contributed by atoms with E-state index in [2.05, 4.69) is 5.32 Å². The Kier molecular flexibility index (Phi) is 4.06. The molecule has 1 aromatic rings. The third-order valence-electron chi connectivity index (χ3n) is 2.95. The quantitative estimate of drug-likeness (QED) is 0.621. The number of hydrogen-bond acceptors (Lipinski definition) is 4. The zero-order chi connectivity index (χ0) is 12.1. The average Bonchev–Trinajstić information content (AvgIpc) is 2.82. The Labute approximate surface area is 99.9 Å². The maximum absolute atomic E-state index is 10.8. The molecule has 0 amide bonds. The third-order valence-corrected chi connectivity index (χ3v) is 2.95. The monoisotopic (exact) mass is 236 g/mol. The summed E-state index contributed by atoms with van der Waals surface area (Å²) in [5.41, 5.74) is 0.987. The van der Waals surface area contributed by atoms with Crippen LogP contribution in [0.5, 0.6) is 0 Å². The Morgan fingerprint density at radius 3 is 3.00 bits per heavy atom. The molecule has 1 heterocycles. The van der Waals surface area contributed by atoms with E-state index in [0.717, 1.165) is 31.7 Å². The first kappa shape index (κ1) is 12.0. The highest BCUT2D eigenvalue weighted by Gasteiger charge is 2.16. The van der Waals surface area contributed by atoms with Gasteiger partial charge in [-0.3, -0.25) is 10.1 Å². The first-order valence-corrected chi connectivity index (χ1v) is 5.81. The van der Waals surface area contributed by atoms with Crippen molar-refractivity contribution in [2.24, 2.45) is 0 Å². The number of nitrogens with one attached hydrogen (secondary N) is 1. The summed E-state index contributed by atoms with van der Waals surface area (Å²) in [6, 6.07) is 7.29. The Hall–Kier alpha value is -1.46. The van der Waals surface area contributed by atoms with E-state index < -0.39 is 0 Å². The second-order valence-electron chi connectivity index (χ2n) is 4.15. The lowest BCUT2D eigenvalue weighted by molar-refractivity contribution is -0.385. The van der Waals surface area contributed by atoms with Crippen molar-refractivity contribution < 1.29 is 9.66 Å². The van der Waals surface area contributed by atoms with Crippen LogP contribution < -0.4 is 5.32 Å². The van der Waals surface area contributed by atoms with Gasteiger partial charge in [-0.2, -0.15) is 0 Å². The fourth-order valence-electron chi connectivity index (χ4n) is 2.01. The summed E-state index contributed by atoms with van der Waals surface area (Å²) in [5.74, 6) is 0. The highest BCUT2D eigenvalue weighted by Crippen LogP contribution is 2.17. The Bertz CT molecular complexity index is 389. The van der Waals surface area contributed by atoms with E-state index in [-0.39, 0.29) is 10.6 Å². The van der Waals surface area contributed by atoms with Crippen molar-refractivity contribution in [1.29, 1.82) is 0 Å². The number of nitro groups is 1. The summed E-state index contributed by atoms with van der Waals surface area (Å²) >= 11 is 0. The molecule has 2 rings (SSSR count). The second kappa shape index (κ2) is 5.75. The molecule has 0 saturated carbocycles. The van der Waals surface area contributed by atoms with Crippen molar-refractivity contribution in [2.75, 3.05) is 19.8 Å². The van der Waals surface area contributed by atoms with E-state index in [9.17, 15) is 10.1 Å². The molecule has 0 aromatic heterocycles. The summed E-state index contributed by atoms with van der Waals surface area (Å²) in [7, 11) is 0. The predicted octanol–water partition coefficient (Wildman–Crippen LogP) is 1.52. The van der Waals surface area contributed by atoms with Crippen molar-refractivity contribution in [3.05, 3.63) is 39.9 Å². The highest BCUT2D eigenvalue weighted by molar-refractivity contribution is 5.39. The van der Waals surface area contributed by atoms with Gasteiger partial charge in [0, 0.05) is 24.3 Å². The van der Waals surface area contributed by atoms with Gasteiger partial charge >= 0.3 is 0 Å². The molecule has 0 spiro atoms. The topological polar surface area (TPSA) is 64.4 Å². The number of rotatable bonds is 5. The van der Waals surface area contributed by atoms with Crippen LogP contribution in [0.15, 0.2) is 24.3 Å². The zero-order valence-corrected chi connectivity index (χ0v) is 9.59. The van der Waals surface area contributed by atoms with E-state index >= 15 is 0 Å². The molecule has 5 heteroatoms. The van der Waals surface area contributed by atoms with Gasteiger partial charge in [0.2, 0.25) is 0 Å². The van der Waals surface area contributed by atoms with Crippen LogP contribution in [0.4, 0.5) is 5.69 Å². The largest absolute Gasteiger partial charge is 0.380 e. The molecule has 0 radical (unpaired) electrons. The summed E-state index contributed by atoms with van der Waals surface area (Å²) in [6.07, 6.45) is 1.70. The van der Waals surface area contributed by atoms with Gasteiger partial charge in [0.15, 0.2) is 0 Å². The standard InChI is InChI=1S/C12H16N2O3/c15-14(16)12-4-2-1-3-10(12)5-7-13-11-6-8-17-9-11/h1-4,11,13H,5-9H2. The van der Waals surface area contributed by atoms with Gasteiger partial charge in [-0.15, -0.1) is 0 Å². The normalized spacial score (nSPS) is 19.4. The van der Waals surface area contributed by atoms with Crippen molar-refractivity contribution >= 4 is 5.69 Å². The number of nitrogens with zero attached hydrogens (tertiary/aromatic N) is 1. The van der Waals surface area contributed by atoms with Gasteiger partial charge in [0.05, 0.1) is 11.5 Å². The van der Waals surface area contributed by atoms with Gasteiger partial charge in [-0.05, 0) is 19.4 Å². The molecule has 0 aliphatic carbocycles. The minimum Gasteiger partial charge on any atom is -0.380 e. The Balaban J connectivity index is 1.87. The lowest BCUT2D eigenvalue weighted by atomic mass is 10.1. The first-order valence-electron chi connectivity index (χ1n) is 5.81. The fourth-order valence-corrected chi connectivity index (χ4v) is 2.01. The van der Waals surface area contributed by atoms with Crippen molar-refractivity contribution in [2.45, 2.75) is 18.9 Å². The van der Waals surface area contributed by atoms with Gasteiger partial charge in [-0.1, -0.05) is 18.2 Å². The van der Waals surface area contributed by atoms with Crippen LogP contribution >= 0.6 is 0 Å². The van der Waals surface area contributed by atoms with Gasteiger partial charge in [-0.25, -0.2) is 0 Å². The lowest BCUT2D eigenvalue weighted by Gasteiger charge is -2.10. The van der Waals surface area contributed by atoms with Crippen molar-refractivity contribution in [1.82, 2.24) is 5.32 Å². The van der Waals surface area contributed by atoms with Crippen LogP contribution in [0, 0.1) is 10.1 Å². The summed E-state index contributed by atoms with van der Waals surface area (Å²) in [6.45, 7) is 2.30. The Morgan fingerprint density at radius 2 is 2.29 bits per heavy atom. The molecule has 1 aliphatic heterocycles. The van der Waals surface area contributed by atoms with Crippen LogP contribution in [0.25, 0.3) is 0 Å². The van der Waals surface area contributed by atoms with Crippen LogP contribution in [-0.2, 0) is 11.2 Å². The molecule has 5 nitrogen and oxygen atoms in total. The van der Waals surface area contributed by atoms with E-state index in [0.29, 0.717) is 12.5 Å². The summed E-state index contributed by atoms with van der Waals surface area (Å²) < 4.78 is 5.25. The molecule has 1 saturated heterocycles. The van der Waals surface area contributed by atoms with Crippen LogP contribution in [0.3, 0.4) is 0 Å². The van der Waals surface area contributed by atoms with Gasteiger partial charge < -0.3 is 10.1 Å². The molecule has 1 aromatic carbocycles. The smallest absolute Gasteiger partial charge is 0.272 e. The minimum atomic E-state index is -0.325. The molecule has 1 N–H and O–H groups in total.